The van der Waals surface area contributed by atoms with Crippen LogP contribution in [0.1, 0.15) is 33.2 Å². The Labute approximate surface area is 177 Å². The van der Waals surface area contributed by atoms with Gasteiger partial charge < -0.3 is 9.64 Å². The van der Waals surface area contributed by atoms with Crippen molar-refractivity contribution in [2.75, 3.05) is 0 Å². The van der Waals surface area contributed by atoms with Crippen LogP contribution in [0.25, 0.3) is 10.8 Å². The summed E-state index contributed by atoms with van der Waals surface area (Å²) < 4.78 is 6.06. The van der Waals surface area contributed by atoms with Gasteiger partial charge >= 0.3 is 0 Å². The molecule has 1 aliphatic carbocycles. The highest BCUT2D eigenvalue weighted by Gasteiger charge is 2.33. The number of hydrogen-bond donors (Lipinski definition) is 0. The molecule has 5 rings (SSSR count). The van der Waals surface area contributed by atoms with Gasteiger partial charge in [0.2, 0.25) is 0 Å². The van der Waals surface area contributed by atoms with Gasteiger partial charge in [0.05, 0.1) is 17.1 Å². The molecule has 2 heterocycles. The van der Waals surface area contributed by atoms with Crippen LogP contribution in [0.15, 0.2) is 65.4 Å². The molecule has 2 aromatic heterocycles. The molecule has 6 heteroatoms. The molecule has 0 radical (unpaired) electrons. The second-order valence-corrected chi connectivity index (χ2v) is 9.03. The van der Waals surface area contributed by atoms with Gasteiger partial charge in [0.1, 0.15) is 17.4 Å². The summed E-state index contributed by atoms with van der Waals surface area (Å²) in [6, 6.07) is 18.5. The number of carbonyl (C=O) groups excluding carboxylic acids is 1. The molecule has 29 heavy (non-hydrogen) atoms. The van der Waals surface area contributed by atoms with E-state index in [4.69, 9.17) is 9.72 Å². The molecule has 0 unspecified atom stereocenters. The summed E-state index contributed by atoms with van der Waals surface area (Å²) >= 11 is 3.08. The maximum atomic E-state index is 12.8. The van der Waals surface area contributed by atoms with Crippen LogP contribution in [0.2, 0.25) is 0 Å². The van der Waals surface area contributed by atoms with Crippen LogP contribution in [0.4, 0.5) is 0 Å². The summed E-state index contributed by atoms with van der Waals surface area (Å²) in [6.07, 6.45) is 2.16. The van der Waals surface area contributed by atoms with Gasteiger partial charge in [-0.3, -0.25) is 4.79 Å². The molecule has 0 atom stereocenters. The number of thiazole rings is 1. The number of fused-ring (bicyclic) bond motifs is 1. The number of carbonyl (C=O) groups is 1. The highest BCUT2D eigenvalue weighted by atomic mass is 32.1. The number of hydrogen-bond acceptors (Lipinski definition) is 5. The van der Waals surface area contributed by atoms with Gasteiger partial charge in [-0.15, -0.1) is 22.7 Å². The molecule has 0 spiro atoms. The molecule has 1 fully saturated rings. The molecule has 1 amide bonds. The van der Waals surface area contributed by atoms with E-state index in [2.05, 4.69) is 18.2 Å². The maximum Gasteiger partial charge on any atom is 0.264 e. The van der Waals surface area contributed by atoms with E-state index in [0.717, 1.165) is 44.9 Å². The topological polar surface area (TPSA) is 42.4 Å². The van der Waals surface area contributed by atoms with Crippen LogP contribution in [0.5, 0.6) is 5.75 Å². The fourth-order valence-electron chi connectivity index (χ4n) is 3.42. The van der Waals surface area contributed by atoms with Crippen molar-refractivity contribution >= 4 is 39.4 Å². The summed E-state index contributed by atoms with van der Waals surface area (Å²) in [5, 5.41) is 7.18. The number of rotatable bonds is 7. The quantitative estimate of drug-likeness (QED) is 0.383. The highest BCUT2D eigenvalue weighted by Crippen LogP contribution is 2.31. The number of ether oxygens (including phenoxy) is 1. The zero-order valence-corrected chi connectivity index (χ0v) is 17.4. The van der Waals surface area contributed by atoms with Crippen molar-refractivity contribution in [2.24, 2.45) is 0 Å². The van der Waals surface area contributed by atoms with Crippen molar-refractivity contribution in [3.8, 4) is 5.75 Å². The molecular weight excluding hydrogens is 400 g/mol. The smallest absolute Gasteiger partial charge is 0.264 e. The first kappa shape index (κ1) is 18.3. The van der Waals surface area contributed by atoms with Crippen LogP contribution >= 0.6 is 22.7 Å². The predicted molar refractivity (Wildman–Crippen MR) is 118 cm³/mol. The minimum atomic E-state index is 0.115. The average Bonchev–Trinajstić information content (AvgIpc) is 3.25. The molecule has 0 bridgehead atoms. The predicted octanol–water partition coefficient (Wildman–Crippen LogP) is 5.74. The average molecular weight is 421 g/mol. The Morgan fingerprint density at radius 2 is 1.93 bits per heavy atom. The molecular formula is C23H20N2O2S2. The van der Waals surface area contributed by atoms with E-state index < -0.39 is 0 Å². The van der Waals surface area contributed by atoms with E-state index in [1.807, 2.05) is 52.1 Å². The van der Waals surface area contributed by atoms with Crippen molar-refractivity contribution < 1.29 is 9.53 Å². The summed E-state index contributed by atoms with van der Waals surface area (Å²) in [5.41, 5.74) is 0.934. The van der Waals surface area contributed by atoms with Crippen LogP contribution in [0, 0.1) is 0 Å². The summed E-state index contributed by atoms with van der Waals surface area (Å²) in [6.45, 7) is 0.993. The lowest BCUT2D eigenvalue weighted by atomic mass is 10.1. The van der Waals surface area contributed by atoms with Gasteiger partial charge in [-0.1, -0.05) is 42.5 Å². The minimum absolute atomic E-state index is 0.115. The van der Waals surface area contributed by atoms with Crippen molar-refractivity contribution in [1.82, 2.24) is 9.88 Å². The Balaban J connectivity index is 1.27. The van der Waals surface area contributed by atoms with Crippen molar-refractivity contribution in [1.29, 1.82) is 0 Å². The van der Waals surface area contributed by atoms with Crippen LogP contribution < -0.4 is 4.74 Å². The van der Waals surface area contributed by atoms with Gasteiger partial charge in [0.25, 0.3) is 5.91 Å². The lowest BCUT2D eigenvalue weighted by molar-refractivity contribution is 0.0733. The first-order valence-electron chi connectivity index (χ1n) is 9.66. The number of nitrogens with zero attached hydrogens (tertiary/aromatic N) is 2. The zero-order valence-electron chi connectivity index (χ0n) is 15.8. The lowest BCUT2D eigenvalue weighted by Gasteiger charge is -2.20. The molecule has 0 N–H and O–H groups in total. The SMILES string of the molecule is O=C(c1cccs1)N(Cc1csc(COc2cccc3ccccc23)n1)C1CC1. The first-order valence-corrected chi connectivity index (χ1v) is 11.4. The van der Waals surface area contributed by atoms with E-state index >= 15 is 0 Å². The molecule has 1 saturated carbocycles. The van der Waals surface area contributed by atoms with E-state index in [1.54, 1.807) is 11.3 Å². The third-order valence-electron chi connectivity index (χ3n) is 5.01. The number of amides is 1. The molecule has 1 aliphatic rings. The fraction of sp³-hybridized carbons (Fsp3) is 0.217. The van der Waals surface area contributed by atoms with Gasteiger partial charge in [-0.25, -0.2) is 4.98 Å². The van der Waals surface area contributed by atoms with Gasteiger partial charge in [0, 0.05) is 16.8 Å². The summed E-state index contributed by atoms with van der Waals surface area (Å²) in [4.78, 5) is 20.3. The molecule has 0 aliphatic heterocycles. The Hall–Kier alpha value is -2.70. The van der Waals surface area contributed by atoms with Gasteiger partial charge in [-0.2, -0.15) is 0 Å². The molecule has 4 nitrogen and oxygen atoms in total. The second-order valence-electron chi connectivity index (χ2n) is 7.14. The summed E-state index contributed by atoms with van der Waals surface area (Å²) in [7, 11) is 0. The first-order chi connectivity index (χ1) is 14.3. The third kappa shape index (κ3) is 4.04. The monoisotopic (exact) mass is 420 g/mol. The molecule has 146 valence electrons. The molecule has 2 aromatic carbocycles. The van der Waals surface area contributed by atoms with E-state index in [1.165, 1.54) is 11.3 Å². The largest absolute Gasteiger partial charge is 0.486 e. The van der Waals surface area contributed by atoms with Crippen molar-refractivity contribution in [3.05, 3.63) is 80.9 Å². The Kier molecular flexibility index (Phi) is 5.04. The standard InChI is InChI=1S/C23H20N2O2S2/c26-23(21-9-4-12-28-21)25(18-10-11-18)13-17-15-29-22(24-17)14-27-20-8-3-6-16-5-1-2-7-19(16)20/h1-9,12,15,18H,10-11,13-14H2. The molecule has 4 aromatic rings. The number of aromatic nitrogens is 1. The normalized spacial score (nSPS) is 13.5. The Bertz CT molecular complexity index is 1130. The van der Waals surface area contributed by atoms with Crippen LogP contribution in [0.3, 0.4) is 0 Å². The highest BCUT2D eigenvalue weighted by molar-refractivity contribution is 7.12. The van der Waals surface area contributed by atoms with E-state index in [9.17, 15) is 4.79 Å². The fourth-order valence-corrected chi connectivity index (χ4v) is 4.79. The van der Waals surface area contributed by atoms with E-state index in [-0.39, 0.29) is 5.91 Å². The second kappa shape index (κ2) is 7.97. The van der Waals surface area contributed by atoms with Crippen molar-refractivity contribution in [3.63, 3.8) is 0 Å². The van der Waals surface area contributed by atoms with Crippen LogP contribution in [-0.2, 0) is 13.2 Å². The van der Waals surface area contributed by atoms with Gasteiger partial charge in [-0.05, 0) is 35.7 Å². The number of thiophene rings is 1. The lowest BCUT2D eigenvalue weighted by Crippen LogP contribution is -2.32. The van der Waals surface area contributed by atoms with Crippen LogP contribution in [-0.4, -0.2) is 21.8 Å². The Morgan fingerprint density at radius 1 is 1.07 bits per heavy atom. The summed E-state index contributed by atoms with van der Waals surface area (Å²) in [5.74, 6) is 0.983. The Morgan fingerprint density at radius 3 is 2.76 bits per heavy atom. The zero-order chi connectivity index (χ0) is 19.6. The van der Waals surface area contributed by atoms with Crippen molar-refractivity contribution in [2.45, 2.75) is 32.0 Å². The number of benzene rings is 2. The third-order valence-corrected chi connectivity index (χ3v) is 6.74. The maximum absolute atomic E-state index is 12.8. The minimum Gasteiger partial charge on any atom is -0.486 e. The van der Waals surface area contributed by atoms with E-state index in [0.29, 0.717) is 19.2 Å². The van der Waals surface area contributed by atoms with Gasteiger partial charge in [0.15, 0.2) is 0 Å². The molecule has 0 saturated heterocycles.